The van der Waals surface area contributed by atoms with E-state index in [1.54, 1.807) is 12.1 Å². The molecule has 0 unspecified atom stereocenters. The highest BCUT2D eigenvalue weighted by Crippen LogP contribution is 2.21. The van der Waals surface area contributed by atoms with Crippen LogP contribution in [0.2, 0.25) is 5.02 Å². The Hall–Kier alpha value is -2.73. The van der Waals surface area contributed by atoms with Crippen molar-refractivity contribution in [3.05, 3.63) is 58.2 Å². The van der Waals surface area contributed by atoms with Gasteiger partial charge in [0.15, 0.2) is 0 Å². The maximum atomic E-state index is 12.2. The van der Waals surface area contributed by atoms with Gasteiger partial charge in [-0.15, -0.1) is 0 Å². The molecule has 1 amide bonds. The van der Waals surface area contributed by atoms with Crippen molar-refractivity contribution >= 4 is 23.2 Å². The second-order valence-corrected chi connectivity index (χ2v) is 6.54. The highest BCUT2D eigenvalue weighted by Gasteiger charge is 2.13. The Morgan fingerprint density at radius 1 is 1.15 bits per heavy atom. The van der Waals surface area contributed by atoms with Crippen molar-refractivity contribution in [3.63, 3.8) is 0 Å². The molecule has 0 saturated carbocycles. The van der Waals surface area contributed by atoms with Crippen molar-refractivity contribution in [2.75, 3.05) is 5.32 Å². The van der Waals surface area contributed by atoms with Gasteiger partial charge >= 0.3 is 0 Å². The van der Waals surface area contributed by atoms with Gasteiger partial charge in [0.2, 0.25) is 17.6 Å². The van der Waals surface area contributed by atoms with E-state index < -0.39 is 0 Å². The molecule has 2 heterocycles. The molecule has 1 N–H and O–H groups in total. The third-order valence-corrected chi connectivity index (χ3v) is 4.18. The number of carbonyl (C=O) groups excluding carboxylic acids is 1. The van der Waals surface area contributed by atoms with Crippen LogP contribution in [0.4, 0.5) is 5.69 Å². The van der Waals surface area contributed by atoms with Gasteiger partial charge in [-0.05, 0) is 56.7 Å². The van der Waals surface area contributed by atoms with Crippen molar-refractivity contribution in [2.45, 2.75) is 33.6 Å². The fourth-order valence-electron chi connectivity index (χ4n) is 2.71. The third kappa shape index (κ3) is 4.26. The number of hydrogen-bond acceptors (Lipinski definition) is 5. The fourth-order valence-corrected chi connectivity index (χ4v) is 2.83. The summed E-state index contributed by atoms with van der Waals surface area (Å²) in [5.41, 5.74) is 4.29. The van der Waals surface area contributed by atoms with E-state index in [9.17, 15) is 4.79 Å². The van der Waals surface area contributed by atoms with E-state index in [1.807, 2.05) is 39.0 Å². The lowest BCUT2D eigenvalue weighted by molar-refractivity contribution is -0.116. The van der Waals surface area contributed by atoms with Crippen molar-refractivity contribution < 1.29 is 9.32 Å². The third-order valence-electron chi connectivity index (χ3n) is 3.93. The molecule has 0 aliphatic carbocycles. The monoisotopic (exact) mass is 370 g/mol. The van der Waals surface area contributed by atoms with Crippen LogP contribution < -0.4 is 5.32 Å². The van der Waals surface area contributed by atoms with Gasteiger partial charge < -0.3 is 9.84 Å². The van der Waals surface area contributed by atoms with E-state index in [-0.39, 0.29) is 12.3 Å². The standard InChI is InChI=1S/C19H19ClN4O2/c1-11-10-12(2)21-13(3)18(11)22-16(25)8-9-17-23-19(24-26-17)14-4-6-15(20)7-5-14/h4-7,10H,8-9H2,1-3H3,(H,22,25). The van der Waals surface area contributed by atoms with Crippen LogP contribution in [0.1, 0.15) is 29.3 Å². The lowest BCUT2D eigenvalue weighted by Gasteiger charge is -2.11. The van der Waals surface area contributed by atoms with E-state index in [2.05, 4.69) is 20.4 Å². The van der Waals surface area contributed by atoms with Gasteiger partial charge in [-0.25, -0.2) is 0 Å². The highest BCUT2D eigenvalue weighted by atomic mass is 35.5. The summed E-state index contributed by atoms with van der Waals surface area (Å²) in [5.74, 6) is 0.778. The molecular formula is C19H19ClN4O2. The van der Waals surface area contributed by atoms with E-state index in [0.29, 0.717) is 23.2 Å². The van der Waals surface area contributed by atoms with Crippen LogP contribution in [0.3, 0.4) is 0 Å². The molecule has 0 spiro atoms. The maximum Gasteiger partial charge on any atom is 0.227 e. The molecule has 0 saturated heterocycles. The average Bonchev–Trinajstić information content (AvgIpc) is 3.06. The van der Waals surface area contributed by atoms with Gasteiger partial charge in [-0.1, -0.05) is 16.8 Å². The molecule has 0 aliphatic heterocycles. The molecule has 0 atom stereocenters. The van der Waals surface area contributed by atoms with E-state index >= 15 is 0 Å². The predicted molar refractivity (Wildman–Crippen MR) is 100 cm³/mol. The molecule has 0 bridgehead atoms. The van der Waals surface area contributed by atoms with Crippen LogP contribution in [-0.2, 0) is 11.2 Å². The number of amides is 1. The molecule has 3 rings (SSSR count). The molecule has 7 heteroatoms. The normalized spacial score (nSPS) is 10.8. The fraction of sp³-hybridized carbons (Fsp3) is 0.263. The minimum absolute atomic E-state index is 0.118. The lowest BCUT2D eigenvalue weighted by Crippen LogP contribution is -2.15. The zero-order valence-corrected chi connectivity index (χ0v) is 15.6. The average molecular weight is 371 g/mol. The Bertz CT molecular complexity index is 912. The van der Waals surface area contributed by atoms with Gasteiger partial charge in [-0.2, -0.15) is 4.98 Å². The number of hydrogen-bond donors (Lipinski definition) is 1. The van der Waals surface area contributed by atoms with E-state index in [0.717, 1.165) is 28.2 Å². The number of aromatic nitrogens is 3. The minimum Gasteiger partial charge on any atom is -0.339 e. The zero-order valence-electron chi connectivity index (χ0n) is 14.8. The predicted octanol–water partition coefficient (Wildman–Crippen LogP) is 4.28. The second-order valence-electron chi connectivity index (χ2n) is 6.11. The Labute approximate surface area is 156 Å². The summed E-state index contributed by atoms with van der Waals surface area (Å²) in [6, 6.07) is 9.11. The van der Waals surface area contributed by atoms with Gasteiger partial charge in [0, 0.05) is 29.1 Å². The molecule has 3 aromatic rings. The summed E-state index contributed by atoms with van der Waals surface area (Å²) in [6.45, 7) is 5.76. The summed E-state index contributed by atoms with van der Waals surface area (Å²) in [5, 5.41) is 7.50. The SMILES string of the molecule is Cc1cc(C)c(NC(=O)CCc2nc(-c3ccc(Cl)cc3)no2)c(C)n1. The topological polar surface area (TPSA) is 80.9 Å². The molecule has 1 aromatic carbocycles. The number of carbonyl (C=O) groups is 1. The summed E-state index contributed by atoms with van der Waals surface area (Å²) < 4.78 is 5.23. The number of benzene rings is 1. The maximum absolute atomic E-state index is 12.2. The number of aryl methyl sites for hydroxylation is 4. The second kappa shape index (κ2) is 7.66. The summed E-state index contributed by atoms with van der Waals surface area (Å²) in [7, 11) is 0. The first-order valence-electron chi connectivity index (χ1n) is 8.25. The van der Waals surface area contributed by atoms with Gasteiger partial charge in [0.1, 0.15) is 0 Å². The van der Waals surface area contributed by atoms with Gasteiger partial charge in [-0.3, -0.25) is 9.78 Å². The van der Waals surface area contributed by atoms with Crippen LogP contribution >= 0.6 is 11.6 Å². The molecular weight excluding hydrogens is 352 g/mol. The van der Waals surface area contributed by atoms with E-state index in [4.69, 9.17) is 16.1 Å². The van der Waals surface area contributed by atoms with Crippen LogP contribution in [0.25, 0.3) is 11.4 Å². The number of nitrogens with one attached hydrogen (secondary N) is 1. The number of anilines is 1. The quantitative estimate of drug-likeness (QED) is 0.724. The van der Waals surface area contributed by atoms with Crippen LogP contribution in [0.15, 0.2) is 34.9 Å². The number of rotatable bonds is 5. The van der Waals surface area contributed by atoms with Crippen molar-refractivity contribution in [2.24, 2.45) is 0 Å². The highest BCUT2D eigenvalue weighted by molar-refractivity contribution is 6.30. The Balaban J connectivity index is 1.61. The molecule has 0 fully saturated rings. The van der Waals surface area contributed by atoms with Crippen LogP contribution in [0, 0.1) is 20.8 Å². The first-order valence-corrected chi connectivity index (χ1v) is 8.63. The van der Waals surface area contributed by atoms with Crippen molar-refractivity contribution in [3.8, 4) is 11.4 Å². The summed E-state index contributed by atoms with van der Waals surface area (Å²) in [4.78, 5) is 21.0. The van der Waals surface area contributed by atoms with Crippen LogP contribution in [0.5, 0.6) is 0 Å². The smallest absolute Gasteiger partial charge is 0.227 e. The minimum atomic E-state index is -0.118. The first-order chi connectivity index (χ1) is 12.4. The first kappa shape index (κ1) is 18.1. The van der Waals surface area contributed by atoms with E-state index in [1.165, 1.54) is 0 Å². The molecule has 134 valence electrons. The van der Waals surface area contributed by atoms with Gasteiger partial charge in [0.05, 0.1) is 11.4 Å². The largest absolute Gasteiger partial charge is 0.339 e. The lowest BCUT2D eigenvalue weighted by atomic mass is 10.1. The molecule has 6 nitrogen and oxygen atoms in total. The molecule has 26 heavy (non-hydrogen) atoms. The summed E-state index contributed by atoms with van der Waals surface area (Å²) in [6.07, 6.45) is 0.610. The Kier molecular flexibility index (Phi) is 5.32. The Morgan fingerprint density at radius 2 is 1.88 bits per heavy atom. The number of halogens is 1. The molecule has 0 aliphatic rings. The zero-order chi connectivity index (χ0) is 18.7. The number of pyridine rings is 1. The van der Waals surface area contributed by atoms with Crippen molar-refractivity contribution in [1.82, 2.24) is 15.1 Å². The summed E-state index contributed by atoms with van der Waals surface area (Å²) >= 11 is 5.87. The molecule has 2 aromatic heterocycles. The van der Waals surface area contributed by atoms with Crippen LogP contribution in [-0.4, -0.2) is 21.0 Å². The molecule has 0 radical (unpaired) electrons. The van der Waals surface area contributed by atoms with Gasteiger partial charge in [0.25, 0.3) is 0 Å². The Morgan fingerprint density at radius 3 is 2.58 bits per heavy atom. The number of nitrogens with zero attached hydrogens (tertiary/aromatic N) is 3. The van der Waals surface area contributed by atoms with Crippen molar-refractivity contribution in [1.29, 1.82) is 0 Å².